The van der Waals surface area contributed by atoms with E-state index in [0.29, 0.717) is 25.2 Å². The zero-order valence-corrected chi connectivity index (χ0v) is 8.92. The predicted octanol–water partition coefficient (Wildman–Crippen LogP) is 1.62. The SMILES string of the molecule is NCCN1Cc2ccc(C(F)(F)F)cc2C1=O. The molecule has 1 amide bonds. The van der Waals surface area contributed by atoms with Crippen LogP contribution in [0.25, 0.3) is 0 Å². The first-order valence-corrected chi connectivity index (χ1v) is 5.13. The summed E-state index contributed by atoms with van der Waals surface area (Å²) in [5, 5.41) is 0. The molecule has 0 radical (unpaired) electrons. The van der Waals surface area contributed by atoms with E-state index < -0.39 is 11.7 Å². The lowest BCUT2D eigenvalue weighted by molar-refractivity contribution is -0.137. The molecule has 0 spiro atoms. The van der Waals surface area contributed by atoms with E-state index in [1.54, 1.807) is 0 Å². The molecule has 0 fully saturated rings. The number of rotatable bonds is 2. The Balaban J connectivity index is 2.34. The van der Waals surface area contributed by atoms with Gasteiger partial charge in [-0.25, -0.2) is 0 Å². The highest BCUT2D eigenvalue weighted by Gasteiger charge is 2.34. The fourth-order valence-electron chi connectivity index (χ4n) is 1.87. The summed E-state index contributed by atoms with van der Waals surface area (Å²) in [5.41, 5.74) is 5.29. The highest BCUT2D eigenvalue weighted by atomic mass is 19.4. The van der Waals surface area contributed by atoms with Gasteiger partial charge in [-0.3, -0.25) is 4.79 Å². The van der Waals surface area contributed by atoms with Crippen molar-refractivity contribution >= 4 is 5.91 Å². The van der Waals surface area contributed by atoms with E-state index in [0.717, 1.165) is 12.1 Å². The standard InChI is InChI=1S/C11H11F3N2O/c12-11(13,14)8-2-1-7-6-16(4-3-15)10(17)9(7)5-8/h1-2,5H,3-4,6,15H2. The lowest BCUT2D eigenvalue weighted by atomic mass is 10.1. The van der Waals surface area contributed by atoms with Crippen LogP contribution in [0.1, 0.15) is 21.5 Å². The number of halogens is 3. The molecular formula is C11H11F3N2O. The van der Waals surface area contributed by atoms with Crippen molar-refractivity contribution in [2.24, 2.45) is 5.73 Å². The van der Waals surface area contributed by atoms with Crippen LogP contribution >= 0.6 is 0 Å². The molecule has 1 aliphatic rings. The molecule has 2 rings (SSSR count). The summed E-state index contributed by atoms with van der Waals surface area (Å²) in [4.78, 5) is 13.2. The Morgan fingerprint density at radius 3 is 2.65 bits per heavy atom. The molecule has 17 heavy (non-hydrogen) atoms. The fourth-order valence-corrected chi connectivity index (χ4v) is 1.87. The average molecular weight is 244 g/mol. The van der Waals surface area contributed by atoms with Crippen molar-refractivity contribution in [3.8, 4) is 0 Å². The molecule has 92 valence electrons. The van der Waals surface area contributed by atoms with Crippen molar-refractivity contribution in [2.45, 2.75) is 12.7 Å². The van der Waals surface area contributed by atoms with Gasteiger partial charge < -0.3 is 10.6 Å². The Bertz CT molecular complexity index is 457. The number of carbonyl (C=O) groups is 1. The number of fused-ring (bicyclic) bond motifs is 1. The Kier molecular flexibility index (Phi) is 2.82. The summed E-state index contributed by atoms with van der Waals surface area (Å²) in [6.07, 6.45) is -4.42. The van der Waals surface area contributed by atoms with Crippen LogP contribution in [0.4, 0.5) is 13.2 Å². The summed E-state index contributed by atoms with van der Waals surface area (Å²) in [7, 11) is 0. The third-order valence-electron chi connectivity index (χ3n) is 2.72. The largest absolute Gasteiger partial charge is 0.416 e. The number of alkyl halides is 3. The number of carbonyl (C=O) groups excluding carboxylic acids is 1. The van der Waals surface area contributed by atoms with Gasteiger partial charge in [0.05, 0.1) is 5.56 Å². The van der Waals surface area contributed by atoms with Gasteiger partial charge in [-0.1, -0.05) is 6.07 Å². The van der Waals surface area contributed by atoms with Gasteiger partial charge in [-0.05, 0) is 17.7 Å². The zero-order chi connectivity index (χ0) is 12.6. The second-order valence-electron chi connectivity index (χ2n) is 3.89. The summed E-state index contributed by atoms with van der Waals surface area (Å²) in [5.74, 6) is -0.378. The van der Waals surface area contributed by atoms with Crippen LogP contribution in [0.2, 0.25) is 0 Å². The monoisotopic (exact) mass is 244 g/mol. The molecule has 1 aromatic carbocycles. The van der Waals surface area contributed by atoms with Gasteiger partial charge in [0.1, 0.15) is 0 Å². The molecule has 3 nitrogen and oxygen atoms in total. The first kappa shape index (κ1) is 11.9. The maximum Gasteiger partial charge on any atom is 0.416 e. The van der Waals surface area contributed by atoms with E-state index in [4.69, 9.17) is 5.73 Å². The molecule has 0 aliphatic carbocycles. The van der Waals surface area contributed by atoms with Crippen LogP contribution in [-0.4, -0.2) is 23.9 Å². The third-order valence-corrected chi connectivity index (χ3v) is 2.72. The van der Waals surface area contributed by atoms with E-state index in [2.05, 4.69) is 0 Å². The van der Waals surface area contributed by atoms with Crippen molar-refractivity contribution in [2.75, 3.05) is 13.1 Å². The average Bonchev–Trinajstić information content (AvgIpc) is 2.55. The smallest absolute Gasteiger partial charge is 0.333 e. The van der Waals surface area contributed by atoms with Crippen LogP contribution in [-0.2, 0) is 12.7 Å². The normalized spacial score (nSPS) is 15.3. The summed E-state index contributed by atoms with van der Waals surface area (Å²) < 4.78 is 37.5. The molecule has 1 aromatic rings. The van der Waals surface area contributed by atoms with Gasteiger partial charge in [-0.15, -0.1) is 0 Å². The van der Waals surface area contributed by atoms with Gasteiger partial charge >= 0.3 is 6.18 Å². The zero-order valence-electron chi connectivity index (χ0n) is 8.92. The quantitative estimate of drug-likeness (QED) is 0.859. The summed E-state index contributed by atoms with van der Waals surface area (Å²) in [6.45, 7) is 0.990. The molecule has 0 atom stereocenters. The first-order chi connectivity index (χ1) is 7.93. The van der Waals surface area contributed by atoms with Crippen LogP contribution in [0.15, 0.2) is 18.2 Å². The topological polar surface area (TPSA) is 46.3 Å². The summed E-state index contributed by atoms with van der Waals surface area (Å²) in [6, 6.07) is 3.26. The lowest BCUT2D eigenvalue weighted by Gasteiger charge is -2.13. The van der Waals surface area contributed by atoms with Crippen molar-refractivity contribution < 1.29 is 18.0 Å². The summed E-state index contributed by atoms with van der Waals surface area (Å²) >= 11 is 0. The number of hydrogen-bond donors (Lipinski definition) is 1. The molecule has 6 heteroatoms. The minimum absolute atomic E-state index is 0.133. The molecule has 0 saturated heterocycles. The second-order valence-corrected chi connectivity index (χ2v) is 3.89. The predicted molar refractivity (Wildman–Crippen MR) is 55.2 cm³/mol. The van der Waals surface area contributed by atoms with Gasteiger partial charge in [0.25, 0.3) is 5.91 Å². The maximum absolute atomic E-state index is 12.5. The van der Waals surface area contributed by atoms with Crippen LogP contribution < -0.4 is 5.73 Å². The van der Waals surface area contributed by atoms with Crippen LogP contribution in [0.3, 0.4) is 0 Å². The molecule has 0 saturated carbocycles. The Morgan fingerprint density at radius 2 is 2.06 bits per heavy atom. The molecule has 1 aliphatic heterocycles. The maximum atomic E-state index is 12.5. The molecule has 1 heterocycles. The fraction of sp³-hybridized carbons (Fsp3) is 0.364. The van der Waals surface area contributed by atoms with E-state index in [1.807, 2.05) is 0 Å². The van der Waals surface area contributed by atoms with E-state index in [9.17, 15) is 18.0 Å². The van der Waals surface area contributed by atoms with Crippen molar-refractivity contribution in [3.63, 3.8) is 0 Å². The number of benzene rings is 1. The Hall–Kier alpha value is -1.56. The third kappa shape index (κ3) is 2.12. The molecule has 0 bridgehead atoms. The van der Waals surface area contributed by atoms with Gasteiger partial charge in [-0.2, -0.15) is 13.2 Å². The Labute approximate surface area is 96.0 Å². The molecular weight excluding hydrogens is 233 g/mol. The van der Waals surface area contributed by atoms with Crippen molar-refractivity contribution in [3.05, 3.63) is 34.9 Å². The van der Waals surface area contributed by atoms with Gasteiger partial charge in [0.2, 0.25) is 0 Å². The minimum Gasteiger partial charge on any atom is -0.333 e. The van der Waals surface area contributed by atoms with Gasteiger partial charge in [0, 0.05) is 25.2 Å². The number of hydrogen-bond acceptors (Lipinski definition) is 2. The van der Waals surface area contributed by atoms with Crippen molar-refractivity contribution in [1.82, 2.24) is 4.90 Å². The highest BCUT2D eigenvalue weighted by Crippen LogP contribution is 2.32. The van der Waals surface area contributed by atoms with Crippen LogP contribution in [0.5, 0.6) is 0 Å². The van der Waals surface area contributed by atoms with E-state index in [-0.39, 0.29) is 11.5 Å². The number of nitrogens with two attached hydrogens (primary N) is 1. The van der Waals surface area contributed by atoms with Crippen LogP contribution in [0, 0.1) is 0 Å². The number of nitrogens with zero attached hydrogens (tertiary/aromatic N) is 1. The minimum atomic E-state index is -4.42. The highest BCUT2D eigenvalue weighted by molar-refractivity contribution is 5.98. The number of amides is 1. The van der Waals surface area contributed by atoms with E-state index in [1.165, 1.54) is 11.0 Å². The second kappa shape index (κ2) is 4.03. The molecule has 0 unspecified atom stereocenters. The lowest BCUT2D eigenvalue weighted by Crippen LogP contribution is -2.29. The molecule has 0 aromatic heterocycles. The Morgan fingerprint density at radius 1 is 1.35 bits per heavy atom. The van der Waals surface area contributed by atoms with Crippen molar-refractivity contribution in [1.29, 1.82) is 0 Å². The molecule has 2 N–H and O–H groups in total. The van der Waals surface area contributed by atoms with Gasteiger partial charge in [0.15, 0.2) is 0 Å². The first-order valence-electron chi connectivity index (χ1n) is 5.13. The van der Waals surface area contributed by atoms with E-state index >= 15 is 0 Å².